The summed E-state index contributed by atoms with van der Waals surface area (Å²) in [5, 5.41) is 3.78. The maximum absolute atomic E-state index is 13.6. The summed E-state index contributed by atoms with van der Waals surface area (Å²) < 4.78 is 0. The van der Waals surface area contributed by atoms with Gasteiger partial charge in [-0.3, -0.25) is 9.59 Å². The van der Waals surface area contributed by atoms with Crippen LogP contribution in [0.1, 0.15) is 52.0 Å². The Morgan fingerprint density at radius 1 is 1.00 bits per heavy atom. The fourth-order valence-electron chi connectivity index (χ4n) is 4.38. The van der Waals surface area contributed by atoms with E-state index < -0.39 is 0 Å². The van der Waals surface area contributed by atoms with Crippen molar-refractivity contribution in [2.75, 3.05) is 4.90 Å². The van der Waals surface area contributed by atoms with Gasteiger partial charge in [0.25, 0.3) is 11.8 Å². The fourth-order valence-corrected chi connectivity index (χ4v) is 5.65. The molecule has 1 aliphatic heterocycles. The van der Waals surface area contributed by atoms with E-state index in [1.54, 1.807) is 16.7 Å². The summed E-state index contributed by atoms with van der Waals surface area (Å²) in [6, 6.07) is 21.1. The van der Waals surface area contributed by atoms with Crippen LogP contribution < -0.4 is 10.2 Å². The molecule has 2 amide bonds. The van der Waals surface area contributed by atoms with Crippen LogP contribution >= 0.6 is 23.4 Å². The number of carbonyl (C=O) groups is 2. The van der Waals surface area contributed by atoms with E-state index in [4.69, 9.17) is 11.6 Å². The van der Waals surface area contributed by atoms with Crippen molar-refractivity contribution in [3.63, 3.8) is 0 Å². The average molecular weight is 463 g/mol. The third kappa shape index (κ3) is 4.27. The molecule has 4 nitrogen and oxygen atoms in total. The van der Waals surface area contributed by atoms with E-state index in [0.717, 1.165) is 46.7 Å². The predicted molar refractivity (Wildman–Crippen MR) is 129 cm³/mol. The molecule has 5 rings (SSSR count). The largest absolute Gasteiger partial charge is 0.349 e. The molecule has 0 unspecified atom stereocenters. The van der Waals surface area contributed by atoms with Crippen LogP contribution in [0.3, 0.4) is 0 Å². The second-order valence-electron chi connectivity index (χ2n) is 8.26. The minimum absolute atomic E-state index is 0.0818. The zero-order valence-electron chi connectivity index (χ0n) is 17.5. The molecule has 0 atom stereocenters. The standard InChI is InChI=1S/C26H23ClN2O2S/c27-19-7-5-6-17(14-19)16-29-22-15-18(25(30)28-20-8-1-2-9-20)12-13-24(22)32-23-11-4-3-10-21(23)26(29)31/h3-7,10-15,20H,1-2,8-9,16H2,(H,28,30). The summed E-state index contributed by atoms with van der Waals surface area (Å²) in [5.74, 6) is -0.165. The number of anilines is 1. The van der Waals surface area contributed by atoms with E-state index in [-0.39, 0.29) is 17.9 Å². The van der Waals surface area contributed by atoms with Crippen molar-refractivity contribution in [1.29, 1.82) is 0 Å². The molecule has 6 heteroatoms. The van der Waals surface area contributed by atoms with Gasteiger partial charge in [-0.05, 0) is 60.9 Å². The number of hydrogen-bond acceptors (Lipinski definition) is 3. The van der Waals surface area contributed by atoms with E-state index in [2.05, 4.69) is 5.32 Å². The van der Waals surface area contributed by atoms with E-state index in [9.17, 15) is 9.59 Å². The lowest BCUT2D eigenvalue weighted by molar-refractivity contribution is 0.0935. The van der Waals surface area contributed by atoms with Crippen molar-refractivity contribution in [1.82, 2.24) is 5.32 Å². The molecule has 0 saturated heterocycles. The van der Waals surface area contributed by atoms with E-state index in [0.29, 0.717) is 22.7 Å². The van der Waals surface area contributed by atoms with Gasteiger partial charge in [-0.1, -0.05) is 60.5 Å². The maximum atomic E-state index is 13.6. The van der Waals surface area contributed by atoms with Crippen molar-refractivity contribution in [2.24, 2.45) is 0 Å². The number of nitrogens with one attached hydrogen (secondary N) is 1. The van der Waals surface area contributed by atoms with Crippen molar-refractivity contribution in [3.8, 4) is 0 Å². The topological polar surface area (TPSA) is 49.4 Å². The molecule has 1 N–H and O–H groups in total. The minimum Gasteiger partial charge on any atom is -0.349 e. The van der Waals surface area contributed by atoms with Crippen LogP contribution in [0.4, 0.5) is 5.69 Å². The van der Waals surface area contributed by atoms with Crippen molar-refractivity contribution >= 4 is 40.9 Å². The molecule has 3 aromatic carbocycles. The molecule has 1 heterocycles. The zero-order valence-corrected chi connectivity index (χ0v) is 19.1. The zero-order chi connectivity index (χ0) is 22.1. The van der Waals surface area contributed by atoms with Gasteiger partial charge >= 0.3 is 0 Å². The second-order valence-corrected chi connectivity index (χ2v) is 9.78. The van der Waals surface area contributed by atoms with Crippen molar-refractivity contribution in [3.05, 3.63) is 88.4 Å². The Labute approximate surface area is 197 Å². The van der Waals surface area contributed by atoms with Gasteiger partial charge in [0.1, 0.15) is 0 Å². The molecular formula is C26H23ClN2O2S. The number of hydrogen-bond donors (Lipinski definition) is 1. The lowest BCUT2D eigenvalue weighted by Gasteiger charge is -2.24. The highest BCUT2D eigenvalue weighted by atomic mass is 35.5. The Balaban J connectivity index is 1.55. The number of benzene rings is 3. The Morgan fingerprint density at radius 3 is 2.62 bits per heavy atom. The number of rotatable bonds is 4. The van der Waals surface area contributed by atoms with Crippen LogP contribution in [0.2, 0.25) is 5.02 Å². The van der Waals surface area contributed by atoms with Crippen LogP contribution in [-0.2, 0) is 6.54 Å². The Bertz CT molecular complexity index is 1190. The van der Waals surface area contributed by atoms with Gasteiger partial charge in [0.2, 0.25) is 0 Å². The van der Waals surface area contributed by atoms with Gasteiger partial charge < -0.3 is 10.2 Å². The van der Waals surface area contributed by atoms with Crippen LogP contribution in [0.15, 0.2) is 76.5 Å². The molecule has 0 spiro atoms. The summed E-state index contributed by atoms with van der Waals surface area (Å²) in [5.41, 5.74) is 2.91. The van der Waals surface area contributed by atoms with Gasteiger partial charge in [-0.25, -0.2) is 0 Å². The predicted octanol–water partition coefficient (Wildman–Crippen LogP) is 6.32. The quantitative estimate of drug-likeness (QED) is 0.493. The lowest BCUT2D eigenvalue weighted by atomic mass is 10.1. The molecule has 3 aromatic rings. The summed E-state index contributed by atoms with van der Waals surface area (Å²) in [6.45, 7) is 0.370. The summed E-state index contributed by atoms with van der Waals surface area (Å²) >= 11 is 7.76. The van der Waals surface area contributed by atoms with Crippen LogP contribution in [-0.4, -0.2) is 17.9 Å². The molecule has 0 radical (unpaired) electrons. The minimum atomic E-state index is -0.0832. The third-order valence-electron chi connectivity index (χ3n) is 6.01. The molecule has 2 aliphatic rings. The molecular weight excluding hydrogens is 440 g/mol. The normalized spacial score (nSPS) is 15.8. The molecule has 1 saturated carbocycles. The number of nitrogens with zero attached hydrogens (tertiary/aromatic N) is 1. The highest BCUT2D eigenvalue weighted by molar-refractivity contribution is 7.99. The molecule has 1 fully saturated rings. The Morgan fingerprint density at radius 2 is 1.81 bits per heavy atom. The first-order chi connectivity index (χ1) is 15.6. The molecule has 1 aliphatic carbocycles. The first-order valence-corrected chi connectivity index (χ1v) is 12.1. The number of carbonyl (C=O) groups excluding carboxylic acids is 2. The van der Waals surface area contributed by atoms with Crippen LogP contribution in [0.5, 0.6) is 0 Å². The average Bonchev–Trinajstić information content (AvgIpc) is 3.27. The van der Waals surface area contributed by atoms with E-state index in [1.165, 1.54) is 0 Å². The molecule has 0 aromatic heterocycles. The Hall–Kier alpha value is -2.76. The van der Waals surface area contributed by atoms with Gasteiger partial charge in [0, 0.05) is 26.4 Å². The van der Waals surface area contributed by atoms with Crippen LogP contribution in [0.25, 0.3) is 0 Å². The summed E-state index contributed by atoms with van der Waals surface area (Å²) in [7, 11) is 0. The van der Waals surface area contributed by atoms with Crippen LogP contribution in [0, 0.1) is 0 Å². The molecule has 0 bridgehead atoms. The summed E-state index contributed by atoms with van der Waals surface area (Å²) in [6.07, 6.45) is 4.38. The summed E-state index contributed by atoms with van der Waals surface area (Å²) in [4.78, 5) is 30.2. The molecule has 162 valence electrons. The third-order valence-corrected chi connectivity index (χ3v) is 7.39. The van der Waals surface area contributed by atoms with E-state index >= 15 is 0 Å². The smallest absolute Gasteiger partial charge is 0.259 e. The highest BCUT2D eigenvalue weighted by Gasteiger charge is 2.28. The van der Waals surface area contributed by atoms with Gasteiger partial charge in [-0.15, -0.1) is 0 Å². The fraction of sp³-hybridized carbons (Fsp3) is 0.231. The second kappa shape index (κ2) is 9.00. The Kier molecular flexibility index (Phi) is 5.94. The maximum Gasteiger partial charge on any atom is 0.259 e. The van der Waals surface area contributed by atoms with E-state index in [1.807, 2.05) is 66.7 Å². The van der Waals surface area contributed by atoms with Gasteiger partial charge in [0.05, 0.1) is 17.8 Å². The van der Waals surface area contributed by atoms with Gasteiger partial charge in [0.15, 0.2) is 0 Å². The van der Waals surface area contributed by atoms with Gasteiger partial charge in [-0.2, -0.15) is 0 Å². The first-order valence-electron chi connectivity index (χ1n) is 10.9. The van der Waals surface area contributed by atoms with Crippen molar-refractivity contribution < 1.29 is 9.59 Å². The SMILES string of the molecule is O=C(NC1CCCC1)c1ccc2c(c1)N(Cc1cccc(Cl)c1)C(=O)c1ccccc1S2. The highest BCUT2D eigenvalue weighted by Crippen LogP contribution is 2.42. The molecule has 32 heavy (non-hydrogen) atoms. The number of amides is 2. The number of halogens is 1. The van der Waals surface area contributed by atoms with Crippen molar-refractivity contribution in [2.45, 2.75) is 48.1 Å². The number of fused-ring (bicyclic) bond motifs is 2. The lowest BCUT2D eigenvalue weighted by Crippen LogP contribution is -2.33. The first kappa shape index (κ1) is 21.1. The monoisotopic (exact) mass is 462 g/mol.